The number of primary amides is 1. The summed E-state index contributed by atoms with van der Waals surface area (Å²) in [4.78, 5) is 51.5. The number of nitrogens with two attached hydrogens (primary N) is 1. The molecule has 10 nitrogen and oxygen atoms in total. The number of nitrogens with one attached hydrogen (secondary N) is 1. The van der Waals surface area contributed by atoms with Crippen molar-refractivity contribution >= 4 is 52.1 Å². The number of ketones is 1. The Hall–Kier alpha value is -3.73. The molecular formula is C27H33BrN4O6. The number of amides is 2. The van der Waals surface area contributed by atoms with Crippen LogP contribution in [0.2, 0.25) is 0 Å². The molecule has 204 valence electrons. The van der Waals surface area contributed by atoms with E-state index in [9.17, 15) is 24.3 Å². The zero-order chi connectivity index (χ0) is 27.7. The largest absolute Gasteiger partial charge is 0.493 e. The summed E-state index contributed by atoms with van der Waals surface area (Å²) in [6.45, 7) is 8.89. The lowest BCUT2D eigenvalue weighted by Gasteiger charge is -2.29. The van der Waals surface area contributed by atoms with Gasteiger partial charge in [-0.2, -0.15) is 0 Å². The number of fused-ring (bicyclic) bond motifs is 1. The number of Topliss-reactive ketones (excluding diaryl/α,β-unsaturated/α-hetero) is 1. The van der Waals surface area contributed by atoms with Gasteiger partial charge in [0.15, 0.2) is 5.78 Å². The summed E-state index contributed by atoms with van der Waals surface area (Å²) in [5.41, 5.74) is 7.91. The highest BCUT2D eigenvalue weighted by Gasteiger charge is 2.30. The van der Waals surface area contributed by atoms with Crippen molar-refractivity contribution in [3.05, 3.63) is 58.1 Å². The minimum Gasteiger partial charge on any atom is -0.493 e. The summed E-state index contributed by atoms with van der Waals surface area (Å²) in [5.74, 6) is -2.03. The highest BCUT2D eigenvalue weighted by atomic mass is 79.9. The summed E-state index contributed by atoms with van der Waals surface area (Å²) in [6.07, 6.45) is 0. The number of hydrogen-bond donors (Lipinski definition) is 3. The molecule has 1 heterocycles. The number of carbonyl (C=O) groups is 4. The number of anilines is 1. The molecule has 1 aliphatic rings. The minimum absolute atomic E-state index is 0. The molecule has 0 saturated heterocycles. The Balaban J connectivity index is 0.00000507. The van der Waals surface area contributed by atoms with E-state index in [2.05, 4.69) is 0 Å². The van der Waals surface area contributed by atoms with E-state index in [1.807, 2.05) is 20.8 Å². The Kier molecular flexibility index (Phi) is 9.44. The molecule has 3 rings (SSSR count). The number of carboxylic acid groups (broad SMARTS) is 1. The van der Waals surface area contributed by atoms with Gasteiger partial charge < -0.3 is 25.4 Å². The number of carboxylic acids is 1. The zero-order valence-corrected chi connectivity index (χ0v) is 23.8. The summed E-state index contributed by atoms with van der Waals surface area (Å²) in [7, 11) is 0. The van der Waals surface area contributed by atoms with E-state index in [0.29, 0.717) is 41.3 Å². The van der Waals surface area contributed by atoms with Gasteiger partial charge >= 0.3 is 5.97 Å². The third kappa shape index (κ3) is 6.39. The van der Waals surface area contributed by atoms with E-state index >= 15 is 0 Å². The van der Waals surface area contributed by atoms with E-state index in [4.69, 9.17) is 15.9 Å². The summed E-state index contributed by atoms with van der Waals surface area (Å²) in [5, 5.41) is 17.9. The van der Waals surface area contributed by atoms with Crippen LogP contribution in [-0.2, 0) is 21.5 Å². The second-order valence-electron chi connectivity index (χ2n) is 9.91. The van der Waals surface area contributed by atoms with Crippen molar-refractivity contribution in [3.63, 3.8) is 0 Å². The molecule has 0 saturated carbocycles. The highest BCUT2D eigenvalue weighted by molar-refractivity contribution is 8.93. The molecule has 0 radical (unpaired) electrons. The Bertz CT molecular complexity index is 1300. The van der Waals surface area contributed by atoms with Crippen LogP contribution in [0.4, 0.5) is 5.69 Å². The molecule has 0 aromatic heterocycles. The number of carbonyl (C=O) groups excluding carboxylic acids is 3. The fourth-order valence-electron chi connectivity index (χ4n) is 4.34. The maximum absolute atomic E-state index is 13.3. The molecule has 2 amide bonds. The van der Waals surface area contributed by atoms with Crippen LogP contribution in [0.15, 0.2) is 30.3 Å². The maximum atomic E-state index is 13.3. The number of ether oxygens (including phenoxy) is 1. The third-order valence-corrected chi connectivity index (χ3v) is 6.13. The number of hydrogen-bond acceptors (Lipinski definition) is 6. The van der Waals surface area contributed by atoms with Crippen molar-refractivity contribution < 1.29 is 29.0 Å². The van der Waals surface area contributed by atoms with Crippen molar-refractivity contribution in [2.45, 2.75) is 46.6 Å². The van der Waals surface area contributed by atoms with Crippen molar-refractivity contribution in [1.82, 2.24) is 4.90 Å². The number of aliphatic carboxylic acids is 1. The first-order valence-corrected chi connectivity index (χ1v) is 11.9. The first kappa shape index (κ1) is 30.5. The average Bonchev–Trinajstić information content (AvgIpc) is 3.10. The SMILES string of the molecule is Br.CCOc1cc2c(cc1C(N)=O)C(=N)N(CC(=O)c1ccc(N(CC(=O)O)C(C)=O)c(C(C)(C)C)c1)C2. The number of benzene rings is 2. The molecule has 0 bridgehead atoms. The van der Waals surface area contributed by atoms with Gasteiger partial charge in [0.05, 0.1) is 18.7 Å². The smallest absolute Gasteiger partial charge is 0.323 e. The van der Waals surface area contributed by atoms with Gasteiger partial charge in [0.2, 0.25) is 5.91 Å². The quantitative estimate of drug-likeness (QED) is 0.378. The first-order valence-electron chi connectivity index (χ1n) is 11.9. The van der Waals surface area contributed by atoms with Gasteiger partial charge in [0.1, 0.15) is 18.1 Å². The van der Waals surface area contributed by atoms with Crippen LogP contribution in [0.1, 0.15) is 72.0 Å². The van der Waals surface area contributed by atoms with E-state index in [0.717, 1.165) is 5.56 Å². The highest BCUT2D eigenvalue weighted by Crippen LogP contribution is 2.34. The van der Waals surface area contributed by atoms with E-state index in [-0.39, 0.29) is 40.7 Å². The predicted octanol–water partition coefficient (Wildman–Crippen LogP) is 3.52. The first-order chi connectivity index (χ1) is 17.2. The zero-order valence-electron chi connectivity index (χ0n) is 22.1. The summed E-state index contributed by atoms with van der Waals surface area (Å²) in [6, 6.07) is 8.05. The molecular weight excluding hydrogens is 556 g/mol. The number of nitrogens with zero attached hydrogens (tertiary/aromatic N) is 2. The fraction of sp³-hybridized carbons (Fsp3) is 0.370. The van der Waals surface area contributed by atoms with Gasteiger partial charge in [-0.1, -0.05) is 20.8 Å². The van der Waals surface area contributed by atoms with Crippen molar-refractivity contribution in [1.29, 1.82) is 5.41 Å². The van der Waals surface area contributed by atoms with Crippen LogP contribution in [0.25, 0.3) is 0 Å². The average molecular weight is 589 g/mol. The van der Waals surface area contributed by atoms with Crippen LogP contribution in [-0.4, -0.2) is 59.1 Å². The maximum Gasteiger partial charge on any atom is 0.323 e. The molecule has 38 heavy (non-hydrogen) atoms. The van der Waals surface area contributed by atoms with Gasteiger partial charge in [0, 0.05) is 30.3 Å². The molecule has 4 N–H and O–H groups in total. The van der Waals surface area contributed by atoms with Crippen LogP contribution >= 0.6 is 17.0 Å². The lowest BCUT2D eigenvalue weighted by atomic mass is 9.84. The lowest BCUT2D eigenvalue weighted by Crippen LogP contribution is -2.36. The van der Waals surface area contributed by atoms with E-state index in [1.54, 1.807) is 36.1 Å². The summed E-state index contributed by atoms with van der Waals surface area (Å²) >= 11 is 0. The van der Waals surface area contributed by atoms with Crippen molar-refractivity contribution in [3.8, 4) is 5.75 Å². The van der Waals surface area contributed by atoms with Gasteiger partial charge in [0.25, 0.3) is 5.91 Å². The molecule has 0 aliphatic carbocycles. The number of amidine groups is 1. The molecule has 2 aromatic carbocycles. The number of rotatable bonds is 9. The molecule has 0 atom stereocenters. The van der Waals surface area contributed by atoms with Crippen LogP contribution in [0.3, 0.4) is 0 Å². The van der Waals surface area contributed by atoms with Crippen LogP contribution in [0, 0.1) is 5.41 Å². The van der Waals surface area contributed by atoms with Crippen molar-refractivity contribution in [2.24, 2.45) is 5.73 Å². The standard InChI is InChI=1S/C27H32N4O6.BrH/c1-6-37-23-10-17-12-30(25(28)18(17)11-19(23)26(29)36)13-22(33)16-7-8-21(20(9-16)27(3,4)5)31(15(2)32)14-24(34)35;/h7-11,28H,6,12-14H2,1-5H3,(H2,29,36)(H,34,35);1H. The molecule has 11 heteroatoms. The molecule has 0 unspecified atom stereocenters. The third-order valence-electron chi connectivity index (χ3n) is 6.13. The van der Waals surface area contributed by atoms with Crippen LogP contribution < -0.4 is 15.4 Å². The van der Waals surface area contributed by atoms with Crippen LogP contribution in [0.5, 0.6) is 5.75 Å². The second-order valence-corrected chi connectivity index (χ2v) is 9.91. The molecule has 0 fully saturated rings. The molecule has 1 aliphatic heterocycles. The Morgan fingerprint density at radius 1 is 1.16 bits per heavy atom. The molecule has 0 spiro atoms. The van der Waals surface area contributed by atoms with Gasteiger partial charge in [-0.05, 0) is 53.8 Å². The molecule has 2 aromatic rings. The fourth-order valence-corrected chi connectivity index (χ4v) is 4.34. The Morgan fingerprint density at radius 3 is 2.34 bits per heavy atom. The Morgan fingerprint density at radius 2 is 1.82 bits per heavy atom. The Labute approximate surface area is 232 Å². The monoisotopic (exact) mass is 588 g/mol. The summed E-state index contributed by atoms with van der Waals surface area (Å²) < 4.78 is 5.54. The van der Waals surface area contributed by atoms with Crippen molar-refractivity contribution in [2.75, 3.05) is 24.6 Å². The van der Waals surface area contributed by atoms with Gasteiger partial charge in [-0.3, -0.25) is 24.6 Å². The second kappa shape index (κ2) is 11.8. The van der Waals surface area contributed by atoms with E-state index in [1.165, 1.54) is 17.9 Å². The van der Waals surface area contributed by atoms with Gasteiger partial charge in [-0.25, -0.2) is 0 Å². The predicted molar refractivity (Wildman–Crippen MR) is 149 cm³/mol. The topological polar surface area (TPSA) is 154 Å². The van der Waals surface area contributed by atoms with Gasteiger partial charge in [-0.15, -0.1) is 17.0 Å². The number of halogens is 1. The normalized spacial score (nSPS) is 12.4. The minimum atomic E-state index is -1.14. The van der Waals surface area contributed by atoms with E-state index < -0.39 is 29.7 Å². The lowest BCUT2D eigenvalue weighted by molar-refractivity contribution is -0.136.